The molecule has 2 aromatic carbocycles. The average Bonchev–Trinajstić information content (AvgIpc) is 3.20. The van der Waals surface area contributed by atoms with Gasteiger partial charge in [0.2, 0.25) is 5.91 Å². The van der Waals surface area contributed by atoms with Gasteiger partial charge in [-0.05, 0) is 69.4 Å². The highest BCUT2D eigenvalue weighted by molar-refractivity contribution is 5.78. The van der Waals surface area contributed by atoms with Gasteiger partial charge in [0.25, 0.3) is 0 Å². The summed E-state index contributed by atoms with van der Waals surface area (Å²) in [6.07, 6.45) is 3.49. The van der Waals surface area contributed by atoms with Crippen LogP contribution in [0.2, 0.25) is 0 Å². The predicted octanol–water partition coefficient (Wildman–Crippen LogP) is 4.95. The fourth-order valence-electron chi connectivity index (χ4n) is 5.30. The summed E-state index contributed by atoms with van der Waals surface area (Å²) in [6.45, 7) is 5.76. The number of likely N-dealkylation sites (tertiary alicyclic amines) is 1. The first kappa shape index (κ1) is 19.9. The van der Waals surface area contributed by atoms with Gasteiger partial charge in [0.15, 0.2) is 0 Å². The van der Waals surface area contributed by atoms with Crippen molar-refractivity contribution in [2.24, 2.45) is 0 Å². The van der Waals surface area contributed by atoms with Crippen molar-refractivity contribution in [3.05, 3.63) is 65.7 Å². The molecular formula is C24H28F2N2O. The quantitative estimate of drug-likeness (QED) is 0.728. The van der Waals surface area contributed by atoms with Gasteiger partial charge in [-0.2, -0.15) is 0 Å². The molecule has 1 spiro atoms. The standard InChI is InChI=1S/C24H28F2N2O/c1-23(2)16-24(17-28(23)20-9-5-8-19(25)15-20)13-6-14-27(24)22(29)12-11-18-7-3-4-10-21(18)26/h3-5,7-10,15H,6,11-14,16-17H2,1-2H3. The summed E-state index contributed by atoms with van der Waals surface area (Å²) in [6, 6.07) is 13.3. The summed E-state index contributed by atoms with van der Waals surface area (Å²) in [5, 5.41) is 0. The number of nitrogens with zero attached hydrogens (tertiary/aromatic N) is 2. The van der Waals surface area contributed by atoms with Gasteiger partial charge in [0, 0.05) is 30.7 Å². The van der Waals surface area contributed by atoms with Gasteiger partial charge in [-0.1, -0.05) is 24.3 Å². The fraction of sp³-hybridized carbons (Fsp3) is 0.458. The van der Waals surface area contributed by atoms with Crippen LogP contribution >= 0.6 is 0 Å². The van der Waals surface area contributed by atoms with E-state index in [1.807, 2.05) is 11.0 Å². The zero-order valence-electron chi connectivity index (χ0n) is 17.1. The smallest absolute Gasteiger partial charge is 0.223 e. The molecule has 2 fully saturated rings. The van der Waals surface area contributed by atoms with Crippen molar-refractivity contribution in [2.45, 2.75) is 57.0 Å². The van der Waals surface area contributed by atoms with Gasteiger partial charge < -0.3 is 9.80 Å². The van der Waals surface area contributed by atoms with Crippen LogP contribution in [-0.2, 0) is 11.2 Å². The van der Waals surface area contributed by atoms with E-state index in [4.69, 9.17) is 0 Å². The highest BCUT2D eigenvalue weighted by Gasteiger charge is 2.54. The van der Waals surface area contributed by atoms with Crippen molar-refractivity contribution in [1.82, 2.24) is 4.90 Å². The second-order valence-electron chi connectivity index (χ2n) is 9.02. The molecule has 0 aromatic heterocycles. The lowest BCUT2D eigenvalue weighted by molar-refractivity contribution is -0.134. The molecule has 0 radical (unpaired) electrons. The molecule has 2 heterocycles. The Bertz CT molecular complexity index is 913. The van der Waals surface area contributed by atoms with Gasteiger partial charge >= 0.3 is 0 Å². The van der Waals surface area contributed by atoms with E-state index in [1.54, 1.807) is 30.3 Å². The Morgan fingerprint density at radius 1 is 1.10 bits per heavy atom. The minimum Gasteiger partial charge on any atom is -0.364 e. The Morgan fingerprint density at radius 2 is 1.90 bits per heavy atom. The predicted molar refractivity (Wildman–Crippen MR) is 111 cm³/mol. The molecule has 2 aliphatic heterocycles. The van der Waals surface area contributed by atoms with E-state index >= 15 is 0 Å². The molecule has 4 rings (SSSR count). The number of rotatable bonds is 4. The third kappa shape index (κ3) is 3.75. The minimum absolute atomic E-state index is 0.0858. The van der Waals surface area contributed by atoms with Crippen molar-refractivity contribution in [3.63, 3.8) is 0 Å². The van der Waals surface area contributed by atoms with Gasteiger partial charge in [0.05, 0.1) is 5.54 Å². The SMILES string of the molecule is CC1(C)CC2(CCCN2C(=O)CCc2ccccc2F)CN1c1cccc(F)c1. The number of benzene rings is 2. The lowest BCUT2D eigenvalue weighted by Gasteiger charge is -2.35. The van der Waals surface area contributed by atoms with Crippen molar-refractivity contribution < 1.29 is 13.6 Å². The summed E-state index contributed by atoms with van der Waals surface area (Å²) in [5.41, 5.74) is 1.03. The van der Waals surface area contributed by atoms with Gasteiger partial charge in [0.1, 0.15) is 11.6 Å². The summed E-state index contributed by atoms with van der Waals surface area (Å²) in [4.78, 5) is 17.4. The number of carbonyl (C=O) groups excluding carboxylic acids is 1. The van der Waals surface area contributed by atoms with E-state index in [1.165, 1.54) is 12.1 Å². The third-order valence-electron chi connectivity index (χ3n) is 6.53. The molecule has 154 valence electrons. The van der Waals surface area contributed by atoms with Crippen LogP contribution in [0, 0.1) is 11.6 Å². The Balaban J connectivity index is 1.52. The number of halogens is 2. The minimum atomic E-state index is -0.254. The highest BCUT2D eigenvalue weighted by atomic mass is 19.1. The monoisotopic (exact) mass is 398 g/mol. The first-order valence-electron chi connectivity index (χ1n) is 10.4. The maximum atomic E-state index is 13.9. The van der Waals surface area contributed by atoms with Crippen LogP contribution in [0.1, 0.15) is 45.1 Å². The van der Waals surface area contributed by atoms with E-state index in [0.717, 1.165) is 31.5 Å². The van der Waals surface area contributed by atoms with Crippen molar-refractivity contribution >= 4 is 11.6 Å². The van der Waals surface area contributed by atoms with E-state index in [-0.39, 0.29) is 28.6 Å². The summed E-state index contributed by atoms with van der Waals surface area (Å²) in [5.74, 6) is -0.415. The highest BCUT2D eigenvalue weighted by Crippen LogP contribution is 2.47. The van der Waals surface area contributed by atoms with Gasteiger partial charge in [-0.25, -0.2) is 8.78 Å². The fourth-order valence-corrected chi connectivity index (χ4v) is 5.30. The molecular weight excluding hydrogens is 370 g/mol. The second-order valence-corrected chi connectivity index (χ2v) is 9.02. The molecule has 3 nitrogen and oxygen atoms in total. The molecule has 29 heavy (non-hydrogen) atoms. The number of amides is 1. The molecule has 2 aromatic rings. The summed E-state index contributed by atoms with van der Waals surface area (Å²) < 4.78 is 27.7. The van der Waals surface area contributed by atoms with Crippen molar-refractivity contribution in [2.75, 3.05) is 18.0 Å². The molecule has 0 N–H and O–H groups in total. The second kappa shape index (κ2) is 7.43. The van der Waals surface area contributed by atoms with Crippen LogP contribution in [0.3, 0.4) is 0 Å². The summed E-state index contributed by atoms with van der Waals surface area (Å²) >= 11 is 0. The largest absolute Gasteiger partial charge is 0.364 e. The molecule has 0 bridgehead atoms. The average molecular weight is 398 g/mol. The van der Waals surface area contributed by atoms with Crippen molar-refractivity contribution in [3.8, 4) is 0 Å². The zero-order valence-corrected chi connectivity index (χ0v) is 17.1. The van der Waals surface area contributed by atoms with Crippen LogP contribution in [0.15, 0.2) is 48.5 Å². The first-order chi connectivity index (χ1) is 13.8. The topological polar surface area (TPSA) is 23.6 Å². The number of anilines is 1. The Morgan fingerprint density at radius 3 is 2.66 bits per heavy atom. The molecule has 0 saturated carbocycles. The van der Waals surface area contributed by atoms with Crippen LogP contribution in [0.25, 0.3) is 0 Å². The van der Waals surface area contributed by atoms with E-state index in [0.29, 0.717) is 24.9 Å². The van der Waals surface area contributed by atoms with Crippen LogP contribution < -0.4 is 4.90 Å². The van der Waals surface area contributed by atoms with Crippen LogP contribution in [-0.4, -0.2) is 35.0 Å². The van der Waals surface area contributed by atoms with E-state index < -0.39 is 0 Å². The molecule has 5 heteroatoms. The van der Waals surface area contributed by atoms with Crippen molar-refractivity contribution in [1.29, 1.82) is 0 Å². The maximum Gasteiger partial charge on any atom is 0.223 e. The van der Waals surface area contributed by atoms with E-state index in [9.17, 15) is 13.6 Å². The molecule has 2 aliphatic rings. The Kier molecular flexibility index (Phi) is 5.09. The third-order valence-corrected chi connectivity index (χ3v) is 6.53. The number of hydrogen-bond acceptors (Lipinski definition) is 2. The van der Waals surface area contributed by atoms with E-state index in [2.05, 4.69) is 18.7 Å². The molecule has 1 atom stereocenters. The lowest BCUT2D eigenvalue weighted by Crippen LogP contribution is -2.49. The number of aryl methyl sites for hydroxylation is 1. The lowest BCUT2D eigenvalue weighted by atomic mass is 9.87. The number of hydrogen-bond donors (Lipinski definition) is 0. The normalized spacial score (nSPS) is 23.2. The molecule has 0 aliphatic carbocycles. The summed E-state index contributed by atoms with van der Waals surface area (Å²) in [7, 11) is 0. The van der Waals surface area contributed by atoms with Gasteiger partial charge in [-0.3, -0.25) is 4.79 Å². The molecule has 2 saturated heterocycles. The Labute approximate surface area is 171 Å². The van der Waals surface area contributed by atoms with Gasteiger partial charge in [-0.15, -0.1) is 0 Å². The zero-order chi connectivity index (χ0) is 20.6. The maximum absolute atomic E-state index is 13.9. The first-order valence-corrected chi connectivity index (χ1v) is 10.4. The molecule has 1 amide bonds. The Hall–Kier alpha value is -2.43. The van der Waals surface area contributed by atoms with Crippen LogP contribution in [0.5, 0.6) is 0 Å². The molecule has 1 unspecified atom stereocenters. The van der Waals surface area contributed by atoms with Crippen LogP contribution in [0.4, 0.5) is 14.5 Å². The number of carbonyl (C=O) groups is 1.